The molecule has 1 aromatic carbocycles. The molecule has 1 amide bonds. The molecular weight excluding hydrogens is 473 g/mol. The minimum atomic E-state index is -4.58. The molecule has 4 rings (SSSR count). The van der Waals surface area contributed by atoms with Gasteiger partial charge in [-0.25, -0.2) is 9.78 Å². The third-order valence-electron chi connectivity index (χ3n) is 5.18. The molecule has 8 nitrogen and oxygen atoms in total. The summed E-state index contributed by atoms with van der Waals surface area (Å²) in [7, 11) is 0. The van der Waals surface area contributed by atoms with Gasteiger partial charge in [0.15, 0.2) is 17.5 Å². The lowest BCUT2D eigenvalue weighted by Crippen LogP contribution is -2.37. The lowest BCUT2D eigenvalue weighted by atomic mass is 10.1. The summed E-state index contributed by atoms with van der Waals surface area (Å²) in [4.78, 5) is 31.2. The zero-order chi connectivity index (χ0) is 24.3. The van der Waals surface area contributed by atoms with Crippen molar-refractivity contribution in [3.63, 3.8) is 0 Å². The molecule has 2 aromatic heterocycles. The summed E-state index contributed by atoms with van der Waals surface area (Å²) in [6.07, 6.45) is -1.02. The van der Waals surface area contributed by atoms with Gasteiger partial charge in [0.1, 0.15) is 0 Å². The van der Waals surface area contributed by atoms with Crippen LogP contribution in [0.15, 0.2) is 47.8 Å². The highest BCUT2D eigenvalue weighted by Gasteiger charge is 2.32. The lowest BCUT2D eigenvalue weighted by molar-refractivity contribution is -0.137. The number of morpholine rings is 1. The molecular formula is C22H21F3N4O4S. The van der Waals surface area contributed by atoms with Crippen LogP contribution in [-0.2, 0) is 20.4 Å². The van der Waals surface area contributed by atoms with E-state index in [9.17, 15) is 22.8 Å². The van der Waals surface area contributed by atoms with E-state index in [2.05, 4.69) is 10.3 Å². The fourth-order valence-corrected chi connectivity index (χ4v) is 4.12. The molecule has 1 fully saturated rings. The molecule has 0 bridgehead atoms. The number of halogens is 3. The lowest BCUT2D eigenvalue weighted by Gasteiger charge is -2.31. The number of esters is 1. The number of fused-ring (bicyclic) bond motifs is 1. The van der Waals surface area contributed by atoms with Crippen LogP contribution in [0.2, 0.25) is 0 Å². The average molecular weight is 494 g/mol. The van der Waals surface area contributed by atoms with Crippen LogP contribution >= 0.6 is 11.8 Å². The summed E-state index contributed by atoms with van der Waals surface area (Å²) in [5.74, 6) is -1.58. The van der Waals surface area contributed by atoms with E-state index in [-0.39, 0.29) is 11.4 Å². The first-order valence-corrected chi connectivity index (χ1v) is 11.5. The molecule has 0 atom stereocenters. The molecule has 1 saturated heterocycles. The molecule has 0 radical (unpaired) electrons. The van der Waals surface area contributed by atoms with Crippen LogP contribution in [0.4, 0.5) is 24.5 Å². The Kier molecular flexibility index (Phi) is 6.98. The quantitative estimate of drug-likeness (QED) is 0.413. The van der Waals surface area contributed by atoms with E-state index in [1.54, 1.807) is 28.8 Å². The Bertz CT molecular complexity index is 1210. The summed E-state index contributed by atoms with van der Waals surface area (Å²) in [5.41, 5.74) is 0.0806. The first-order valence-electron chi connectivity index (χ1n) is 10.3. The van der Waals surface area contributed by atoms with Gasteiger partial charge < -0.3 is 19.7 Å². The minimum Gasteiger partial charge on any atom is -0.451 e. The van der Waals surface area contributed by atoms with Gasteiger partial charge in [0.25, 0.3) is 5.91 Å². The fourth-order valence-electron chi connectivity index (χ4n) is 3.58. The maximum Gasteiger partial charge on any atom is 0.416 e. The largest absolute Gasteiger partial charge is 0.451 e. The molecule has 0 spiro atoms. The Hall–Kier alpha value is -3.25. The van der Waals surface area contributed by atoms with E-state index in [1.807, 2.05) is 11.2 Å². The highest BCUT2D eigenvalue weighted by atomic mass is 32.2. The van der Waals surface area contributed by atoms with Crippen molar-refractivity contribution < 1.29 is 32.2 Å². The minimum absolute atomic E-state index is 0.0186. The molecule has 180 valence electrons. The van der Waals surface area contributed by atoms with Crippen LogP contribution in [0.3, 0.4) is 0 Å². The number of carbonyl (C=O) groups is 2. The van der Waals surface area contributed by atoms with Crippen molar-refractivity contribution in [1.82, 2.24) is 9.38 Å². The van der Waals surface area contributed by atoms with Crippen LogP contribution in [0, 0.1) is 0 Å². The van der Waals surface area contributed by atoms with Crippen molar-refractivity contribution in [2.24, 2.45) is 0 Å². The third kappa shape index (κ3) is 5.12. The summed E-state index contributed by atoms with van der Waals surface area (Å²) >= 11 is 1.34. The molecule has 0 saturated carbocycles. The maximum absolute atomic E-state index is 13.3. The molecule has 34 heavy (non-hydrogen) atoms. The SMILES string of the molecule is CSc1nc(C(=O)OCC(=O)Nc2cc(C(F)(F)F)ccc2N2CCOCC2)c2ccccn12. The maximum atomic E-state index is 13.3. The van der Waals surface area contributed by atoms with Crippen molar-refractivity contribution in [1.29, 1.82) is 0 Å². The van der Waals surface area contributed by atoms with Crippen molar-refractivity contribution in [3.8, 4) is 0 Å². The van der Waals surface area contributed by atoms with Gasteiger partial charge in [0, 0.05) is 19.3 Å². The molecule has 0 unspecified atom stereocenters. The second-order valence-corrected chi connectivity index (χ2v) is 8.13. The van der Waals surface area contributed by atoms with Gasteiger partial charge in [0.05, 0.1) is 35.7 Å². The highest BCUT2D eigenvalue weighted by Crippen LogP contribution is 2.35. The van der Waals surface area contributed by atoms with E-state index in [0.717, 1.165) is 12.1 Å². The number of rotatable bonds is 6. The van der Waals surface area contributed by atoms with Crippen LogP contribution in [0.1, 0.15) is 16.1 Å². The van der Waals surface area contributed by atoms with E-state index in [1.165, 1.54) is 17.8 Å². The zero-order valence-corrected chi connectivity index (χ0v) is 18.9. The first-order chi connectivity index (χ1) is 16.3. The van der Waals surface area contributed by atoms with Gasteiger partial charge in [-0.15, -0.1) is 0 Å². The topological polar surface area (TPSA) is 85.2 Å². The summed E-state index contributed by atoms with van der Waals surface area (Å²) in [6.45, 7) is 1.09. The number of alkyl halides is 3. The Morgan fingerprint density at radius 2 is 1.97 bits per heavy atom. The number of aromatic nitrogens is 2. The van der Waals surface area contributed by atoms with E-state index >= 15 is 0 Å². The number of ether oxygens (including phenoxy) is 2. The zero-order valence-electron chi connectivity index (χ0n) is 18.1. The van der Waals surface area contributed by atoms with Crippen LogP contribution in [-0.4, -0.2) is 60.4 Å². The number of thioether (sulfide) groups is 1. The van der Waals surface area contributed by atoms with Crippen molar-refractivity contribution >= 4 is 40.5 Å². The third-order valence-corrected chi connectivity index (χ3v) is 5.83. The smallest absolute Gasteiger partial charge is 0.416 e. The van der Waals surface area contributed by atoms with Gasteiger partial charge in [-0.2, -0.15) is 13.2 Å². The molecule has 3 heterocycles. The number of imidazole rings is 1. The Morgan fingerprint density at radius 3 is 2.68 bits per heavy atom. The second kappa shape index (κ2) is 9.94. The number of nitrogens with one attached hydrogen (secondary N) is 1. The van der Waals surface area contributed by atoms with Crippen molar-refractivity contribution in [3.05, 3.63) is 53.9 Å². The van der Waals surface area contributed by atoms with E-state index in [0.29, 0.717) is 42.7 Å². The molecule has 0 aliphatic carbocycles. The summed E-state index contributed by atoms with van der Waals surface area (Å²) < 4.78 is 51.9. The predicted octanol–water partition coefficient (Wildman–Crippen LogP) is 3.71. The number of anilines is 2. The Morgan fingerprint density at radius 1 is 1.21 bits per heavy atom. The normalized spacial score (nSPS) is 14.3. The summed E-state index contributed by atoms with van der Waals surface area (Å²) in [5, 5.41) is 3.03. The molecule has 1 N–H and O–H groups in total. The monoisotopic (exact) mass is 494 g/mol. The Balaban J connectivity index is 1.50. The van der Waals surface area contributed by atoms with Crippen molar-refractivity contribution in [2.45, 2.75) is 11.3 Å². The fraction of sp³-hybridized carbons (Fsp3) is 0.318. The number of hydrogen-bond acceptors (Lipinski definition) is 7. The highest BCUT2D eigenvalue weighted by molar-refractivity contribution is 7.98. The van der Waals surface area contributed by atoms with E-state index < -0.39 is 30.2 Å². The summed E-state index contributed by atoms with van der Waals surface area (Å²) in [6, 6.07) is 8.38. The molecule has 1 aliphatic heterocycles. The first kappa shape index (κ1) is 23.9. The molecule has 12 heteroatoms. The van der Waals surface area contributed by atoms with Gasteiger partial charge in [0.2, 0.25) is 0 Å². The average Bonchev–Trinajstić information content (AvgIpc) is 3.21. The second-order valence-electron chi connectivity index (χ2n) is 7.36. The number of nitrogens with zero attached hydrogens (tertiary/aromatic N) is 3. The van der Waals surface area contributed by atoms with Gasteiger partial charge in [-0.3, -0.25) is 9.20 Å². The van der Waals surface area contributed by atoms with Crippen LogP contribution < -0.4 is 10.2 Å². The van der Waals surface area contributed by atoms with Gasteiger partial charge in [-0.1, -0.05) is 17.8 Å². The number of benzene rings is 1. The van der Waals surface area contributed by atoms with Gasteiger partial charge >= 0.3 is 12.1 Å². The molecule has 1 aliphatic rings. The van der Waals surface area contributed by atoms with Crippen molar-refractivity contribution in [2.75, 3.05) is 49.4 Å². The Labute approximate surface area is 197 Å². The number of carbonyl (C=O) groups excluding carboxylic acids is 2. The molecule has 3 aromatic rings. The van der Waals surface area contributed by atoms with Crippen LogP contribution in [0.25, 0.3) is 5.52 Å². The number of amides is 1. The number of hydrogen-bond donors (Lipinski definition) is 1. The standard InChI is InChI=1S/C22H21F3N4O4S/c1-34-21-27-19(17-4-2-3-7-29(17)21)20(31)33-13-18(30)26-15-12-14(22(23,24)25)5-6-16(15)28-8-10-32-11-9-28/h2-7,12H,8-11,13H2,1H3,(H,26,30). The predicted molar refractivity (Wildman–Crippen MR) is 120 cm³/mol. The van der Waals surface area contributed by atoms with E-state index in [4.69, 9.17) is 9.47 Å². The van der Waals surface area contributed by atoms with Gasteiger partial charge in [-0.05, 0) is 36.6 Å². The van der Waals surface area contributed by atoms with Crippen LogP contribution in [0.5, 0.6) is 0 Å². The number of pyridine rings is 1.